The van der Waals surface area contributed by atoms with Gasteiger partial charge in [0.15, 0.2) is 0 Å². The molecule has 0 radical (unpaired) electrons. The predicted molar refractivity (Wildman–Crippen MR) is 108 cm³/mol. The van der Waals surface area contributed by atoms with Gasteiger partial charge in [0.2, 0.25) is 0 Å². The maximum atomic E-state index is 13.1. The third-order valence-electron chi connectivity index (χ3n) is 4.70. The van der Waals surface area contributed by atoms with Gasteiger partial charge in [-0.1, -0.05) is 26.0 Å². The highest BCUT2D eigenvalue weighted by molar-refractivity contribution is 7.09. The van der Waals surface area contributed by atoms with E-state index in [0.29, 0.717) is 41.7 Å². The Balaban J connectivity index is 1.77. The molecule has 1 aromatic heterocycles. The Morgan fingerprint density at radius 1 is 1.26 bits per heavy atom. The summed E-state index contributed by atoms with van der Waals surface area (Å²) < 4.78 is 0. The summed E-state index contributed by atoms with van der Waals surface area (Å²) in [5, 5.41) is 5.41. The lowest BCUT2D eigenvalue weighted by molar-refractivity contribution is 0.0624. The minimum atomic E-state index is -0.310. The van der Waals surface area contributed by atoms with E-state index in [9.17, 15) is 9.59 Å². The molecule has 0 spiro atoms. The number of nitrogens with zero attached hydrogens (tertiary/aromatic N) is 2. The van der Waals surface area contributed by atoms with Gasteiger partial charge in [0.25, 0.3) is 11.8 Å². The summed E-state index contributed by atoms with van der Waals surface area (Å²) in [5.74, 6) is 0.618. The Morgan fingerprint density at radius 3 is 2.67 bits per heavy atom. The van der Waals surface area contributed by atoms with Gasteiger partial charge in [0.05, 0.1) is 16.3 Å². The van der Waals surface area contributed by atoms with E-state index >= 15 is 0 Å². The second kappa shape index (κ2) is 8.63. The molecule has 7 heteroatoms. The zero-order valence-corrected chi connectivity index (χ0v) is 16.6. The van der Waals surface area contributed by atoms with Crippen molar-refractivity contribution in [1.29, 1.82) is 0 Å². The molecule has 1 aliphatic rings. The monoisotopic (exact) mass is 386 g/mol. The number of anilines is 1. The lowest BCUT2D eigenvalue weighted by Crippen LogP contribution is -2.42. The summed E-state index contributed by atoms with van der Waals surface area (Å²) in [6, 6.07) is 7.16. The molecule has 1 aliphatic heterocycles. The van der Waals surface area contributed by atoms with Crippen molar-refractivity contribution in [3.63, 3.8) is 0 Å². The van der Waals surface area contributed by atoms with Crippen molar-refractivity contribution < 1.29 is 9.59 Å². The fourth-order valence-corrected chi connectivity index (χ4v) is 4.41. The van der Waals surface area contributed by atoms with Crippen LogP contribution in [-0.2, 0) is 6.42 Å². The third-order valence-corrected chi connectivity index (χ3v) is 5.61. The highest BCUT2D eigenvalue weighted by atomic mass is 32.1. The molecule has 0 aliphatic carbocycles. The number of nitrogens with two attached hydrogens (primary N) is 1. The molecular weight excluding hydrogens is 360 g/mol. The fourth-order valence-electron chi connectivity index (χ4n) is 3.62. The van der Waals surface area contributed by atoms with Crippen LogP contribution in [0.3, 0.4) is 0 Å². The molecule has 6 nitrogen and oxygen atoms in total. The minimum Gasteiger partial charge on any atom is -0.338 e. The number of thiazole rings is 1. The normalized spacial score (nSPS) is 19.7. The number of likely N-dealkylation sites (tertiary alicyclic amines) is 1. The molecule has 0 bridgehead atoms. The summed E-state index contributed by atoms with van der Waals surface area (Å²) in [5.41, 5.74) is 6.93. The lowest BCUT2D eigenvalue weighted by atomic mass is 9.91. The van der Waals surface area contributed by atoms with Crippen LogP contribution in [0.4, 0.5) is 5.69 Å². The molecule has 2 amide bonds. The number of para-hydroxylation sites is 1. The van der Waals surface area contributed by atoms with Crippen molar-refractivity contribution in [2.24, 2.45) is 17.6 Å². The zero-order chi connectivity index (χ0) is 19.4. The van der Waals surface area contributed by atoms with E-state index in [1.807, 2.05) is 17.0 Å². The molecule has 2 heterocycles. The first-order valence-electron chi connectivity index (χ1n) is 9.32. The van der Waals surface area contributed by atoms with E-state index in [0.717, 1.165) is 24.5 Å². The predicted octanol–water partition coefficient (Wildman–Crippen LogP) is 3.01. The van der Waals surface area contributed by atoms with E-state index in [-0.39, 0.29) is 11.8 Å². The number of aromatic nitrogens is 1. The van der Waals surface area contributed by atoms with Crippen molar-refractivity contribution >= 4 is 28.8 Å². The summed E-state index contributed by atoms with van der Waals surface area (Å²) >= 11 is 1.42. The number of rotatable bonds is 5. The van der Waals surface area contributed by atoms with Crippen molar-refractivity contribution in [3.8, 4) is 0 Å². The molecule has 3 N–H and O–H groups in total. The van der Waals surface area contributed by atoms with Gasteiger partial charge in [-0.05, 0) is 36.9 Å². The van der Waals surface area contributed by atoms with Gasteiger partial charge < -0.3 is 16.0 Å². The van der Waals surface area contributed by atoms with Crippen molar-refractivity contribution in [3.05, 3.63) is 45.9 Å². The van der Waals surface area contributed by atoms with Crippen LogP contribution in [0.15, 0.2) is 29.6 Å². The molecule has 1 aromatic carbocycles. The number of benzene rings is 1. The average molecular weight is 387 g/mol. The Hall–Kier alpha value is -2.25. The zero-order valence-electron chi connectivity index (χ0n) is 15.8. The van der Waals surface area contributed by atoms with Gasteiger partial charge in [0.1, 0.15) is 5.69 Å². The molecule has 27 heavy (non-hydrogen) atoms. The third kappa shape index (κ3) is 4.73. The van der Waals surface area contributed by atoms with Gasteiger partial charge in [-0.25, -0.2) is 4.98 Å². The number of hydrogen-bond donors (Lipinski definition) is 2. The van der Waals surface area contributed by atoms with Crippen LogP contribution in [0, 0.1) is 11.8 Å². The number of carbonyl (C=O) groups excluding carboxylic acids is 2. The van der Waals surface area contributed by atoms with E-state index in [1.165, 1.54) is 11.3 Å². The maximum absolute atomic E-state index is 13.1. The number of carbonyl (C=O) groups is 2. The lowest BCUT2D eigenvalue weighted by Gasteiger charge is -2.35. The first kappa shape index (κ1) is 19.5. The first-order chi connectivity index (χ1) is 13.0. The van der Waals surface area contributed by atoms with Crippen LogP contribution in [0.25, 0.3) is 0 Å². The van der Waals surface area contributed by atoms with Crippen LogP contribution in [-0.4, -0.2) is 41.3 Å². The second-order valence-corrected chi connectivity index (χ2v) is 8.26. The number of nitrogens with one attached hydrogen (secondary N) is 1. The van der Waals surface area contributed by atoms with Crippen LogP contribution in [0.1, 0.15) is 46.1 Å². The molecule has 3 rings (SSSR count). The standard InChI is InChI=1S/C20H26N4O2S/c1-13-9-14(2)11-24(10-13)20(26)15-5-3-4-6-16(15)23-19(25)17-12-27-18(22-17)7-8-21/h3-6,12-14H,7-11,21H2,1-2H3,(H,23,25). The molecule has 2 atom stereocenters. The van der Waals surface area contributed by atoms with Gasteiger partial charge in [-0.15, -0.1) is 11.3 Å². The van der Waals surface area contributed by atoms with Crippen molar-refractivity contribution in [2.75, 3.05) is 25.0 Å². The summed E-state index contributed by atoms with van der Waals surface area (Å²) in [7, 11) is 0. The number of amides is 2. The van der Waals surface area contributed by atoms with Crippen LogP contribution in [0.2, 0.25) is 0 Å². The SMILES string of the molecule is CC1CC(C)CN(C(=O)c2ccccc2NC(=O)c2csc(CCN)n2)C1. The summed E-state index contributed by atoms with van der Waals surface area (Å²) in [6.45, 7) is 6.34. The Kier molecular flexibility index (Phi) is 6.23. The molecule has 0 saturated carbocycles. The highest BCUT2D eigenvalue weighted by Gasteiger charge is 2.27. The highest BCUT2D eigenvalue weighted by Crippen LogP contribution is 2.25. The van der Waals surface area contributed by atoms with Crippen LogP contribution in [0.5, 0.6) is 0 Å². The Bertz CT molecular complexity index is 810. The number of hydrogen-bond acceptors (Lipinski definition) is 5. The van der Waals surface area contributed by atoms with Gasteiger partial charge in [0, 0.05) is 24.9 Å². The average Bonchev–Trinajstić information content (AvgIpc) is 3.10. The quantitative estimate of drug-likeness (QED) is 0.827. The van der Waals surface area contributed by atoms with E-state index in [4.69, 9.17) is 5.73 Å². The molecule has 1 fully saturated rings. The molecule has 2 unspecified atom stereocenters. The van der Waals surface area contributed by atoms with Gasteiger partial charge >= 0.3 is 0 Å². The fraction of sp³-hybridized carbons (Fsp3) is 0.450. The molecular formula is C20H26N4O2S. The van der Waals surface area contributed by atoms with Crippen LogP contribution >= 0.6 is 11.3 Å². The largest absolute Gasteiger partial charge is 0.338 e. The summed E-state index contributed by atoms with van der Waals surface area (Å²) in [6.07, 6.45) is 1.79. The van der Waals surface area contributed by atoms with E-state index in [1.54, 1.807) is 17.5 Å². The Labute approximate surface area is 163 Å². The maximum Gasteiger partial charge on any atom is 0.275 e. The van der Waals surface area contributed by atoms with Crippen molar-refractivity contribution in [1.82, 2.24) is 9.88 Å². The first-order valence-corrected chi connectivity index (χ1v) is 10.2. The Morgan fingerprint density at radius 2 is 1.96 bits per heavy atom. The van der Waals surface area contributed by atoms with E-state index < -0.39 is 0 Å². The topological polar surface area (TPSA) is 88.3 Å². The van der Waals surface area contributed by atoms with Gasteiger partial charge in [-0.2, -0.15) is 0 Å². The molecule has 2 aromatic rings. The van der Waals surface area contributed by atoms with Crippen molar-refractivity contribution in [2.45, 2.75) is 26.7 Å². The molecule has 144 valence electrons. The minimum absolute atomic E-state index is 0.0357. The number of piperidine rings is 1. The van der Waals surface area contributed by atoms with Crippen LogP contribution < -0.4 is 11.1 Å². The second-order valence-electron chi connectivity index (χ2n) is 7.32. The van der Waals surface area contributed by atoms with Gasteiger partial charge in [-0.3, -0.25) is 9.59 Å². The molecule has 1 saturated heterocycles. The van der Waals surface area contributed by atoms with E-state index in [2.05, 4.69) is 24.1 Å². The summed E-state index contributed by atoms with van der Waals surface area (Å²) in [4.78, 5) is 31.8. The smallest absolute Gasteiger partial charge is 0.275 e.